The van der Waals surface area contributed by atoms with Crippen LogP contribution in [0.5, 0.6) is 0 Å². The molecule has 0 bridgehead atoms. The number of nitrogens with one attached hydrogen (secondary N) is 1. The Morgan fingerprint density at radius 3 is 2.16 bits per heavy atom. The van der Waals surface area contributed by atoms with Crippen LogP contribution >= 0.6 is 11.8 Å². The van der Waals surface area contributed by atoms with Gasteiger partial charge in [0.15, 0.2) is 0 Å². The van der Waals surface area contributed by atoms with Crippen molar-refractivity contribution in [3.05, 3.63) is 107 Å². The smallest absolute Gasteiger partial charge is 0.243 e. The highest BCUT2D eigenvalue weighted by Crippen LogP contribution is 2.21. The van der Waals surface area contributed by atoms with Gasteiger partial charge in [-0.3, -0.25) is 9.59 Å². The zero-order valence-electron chi connectivity index (χ0n) is 21.2. The second-order valence-electron chi connectivity index (χ2n) is 9.64. The SMILES string of the molecule is O=C(NC1CCCCC1)[C@H](Cc1ccccc1)N(Cc1ccccc1)C(=O)CSCc1ccccc1F. The summed E-state index contributed by atoms with van der Waals surface area (Å²) < 4.78 is 14.1. The van der Waals surface area contributed by atoms with Crippen LogP contribution < -0.4 is 5.32 Å². The lowest BCUT2D eigenvalue weighted by Crippen LogP contribution is -2.53. The summed E-state index contributed by atoms with van der Waals surface area (Å²) in [7, 11) is 0. The van der Waals surface area contributed by atoms with Crippen LogP contribution in [-0.2, 0) is 28.3 Å². The van der Waals surface area contributed by atoms with Crippen LogP contribution in [-0.4, -0.2) is 34.6 Å². The fraction of sp³-hybridized carbons (Fsp3) is 0.355. The van der Waals surface area contributed by atoms with Gasteiger partial charge in [-0.2, -0.15) is 0 Å². The number of rotatable bonds is 11. The molecule has 37 heavy (non-hydrogen) atoms. The first-order valence-corrected chi connectivity index (χ1v) is 14.2. The van der Waals surface area contributed by atoms with Gasteiger partial charge in [-0.15, -0.1) is 11.8 Å². The molecule has 2 amide bonds. The van der Waals surface area contributed by atoms with E-state index in [9.17, 15) is 14.0 Å². The normalized spacial score (nSPS) is 14.6. The van der Waals surface area contributed by atoms with Crippen LogP contribution in [0.15, 0.2) is 84.9 Å². The molecule has 0 aliphatic heterocycles. The molecule has 0 aromatic heterocycles. The molecule has 0 spiro atoms. The van der Waals surface area contributed by atoms with E-state index in [-0.39, 0.29) is 29.4 Å². The minimum absolute atomic E-state index is 0.0980. The fourth-order valence-corrected chi connectivity index (χ4v) is 5.72. The molecule has 3 aromatic carbocycles. The van der Waals surface area contributed by atoms with E-state index in [0.717, 1.165) is 36.8 Å². The van der Waals surface area contributed by atoms with Crippen molar-refractivity contribution in [3.63, 3.8) is 0 Å². The Labute approximate surface area is 223 Å². The average molecular weight is 519 g/mol. The number of benzene rings is 3. The minimum Gasteiger partial charge on any atom is -0.352 e. The topological polar surface area (TPSA) is 49.4 Å². The number of nitrogens with zero attached hydrogens (tertiary/aromatic N) is 1. The molecule has 3 aromatic rings. The maximum atomic E-state index is 14.1. The van der Waals surface area contributed by atoms with Gasteiger partial charge < -0.3 is 10.2 Å². The highest BCUT2D eigenvalue weighted by Gasteiger charge is 2.31. The molecule has 0 heterocycles. The van der Waals surface area contributed by atoms with Crippen LogP contribution in [0.4, 0.5) is 4.39 Å². The molecule has 1 saturated carbocycles. The maximum absolute atomic E-state index is 14.1. The second kappa shape index (κ2) is 14.0. The predicted molar refractivity (Wildman–Crippen MR) is 149 cm³/mol. The van der Waals surface area contributed by atoms with Crippen molar-refractivity contribution in [3.8, 4) is 0 Å². The molecule has 194 valence electrons. The van der Waals surface area contributed by atoms with Gasteiger partial charge in [0.2, 0.25) is 11.8 Å². The van der Waals surface area contributed by atoms with E-state index in [1.165, 1.54) is 24.2 Å². The third kappa shape index (κ3) is 8.19. The van der Waals surface area contributed by atoms with Crippen LogP contribution in [0.1, 0.15) is 48.8 Å². The molecule has 0 saturated heterocycles. The van der Waals surface area contributed by atoms with Gasteiger partial charge in [0.1, 0.15) is 11.9 Å². The first-order chi connectivity index (χ1) is 18.1. The molecule has 1 aliphatic carbocycles. The van der Waals surface area contributed by atoms with Crippen LogP contribution in [0, 0.1) is 5.82 Å². The minimum atomic E-state index is -0.633. The monoisotopic (exact) mass is 518 g/mol. The Morgan fingerprint density at radius 1 is 0.865 bits per heavy atom. The average Bonchev–Trinajstić information content (AvgIpc) is 2.93. The lowest BCUT2D eigenvalue weighted by molar-refractivity contribution is -0.139. The second-order valence-corrected chi connectivity index (χ2v) is 10.6. The molecule has 4 nitrogen and oxygen atoms in total. The maximum Gasteiger partial charge on any atom is 0.243 e. The van der Waals surface area contributed by atoms with Crippen molar-refractivity contribution in [2.75, 3.05) is 5.75 Å². The van der Waals surface area contributed by atoms with Crippen molar-refractivity contribution in [2.45, 2.75) is 62.9 Å². The first kappa shape index (κ1) is 26.9. The zero-order chi connectivity index (χ0) is 25.9. The number of amides is 2. The van der Waals surface area contributed by atoms with Crippen molar-refractivity contribution in [1.29, 1.82) is 0 Å². The summed E-state index contributed by atoms with van der Waals surface area (Å²) in [5, 5.41) is 3.26. The van der Waals surface area contributed by atoms with Gasteiger partial charge in [0, 0.05) is 24.8 Å². The first-order valence-electron chi connectivity index (χ1n) is 13.1. The largest absolute Gasteiger partial charge is 0.352 e. The number of hydrogen-bond acceptors (Lipinski definition) is 3. The van der Waals surface area contributed by atoms with Crippen molar-refractivity contribution in [1.82, 2.24) is 10.2 Å². The lowest BCUT2D eigenvalue weighted by Gasteiger charge is -2.33. The number of carbonyl (C=O) groups excluding carboxylic acids is 2. The van der Waals surface area contributed by atoms with E-state index >= 15 is 0 Å². The summed E-state index contributed by atoms with van der Waals surface area (Å²) in [5.74, 6) is 0.0831. The lowest BCUT2D eigenvalue weighted by atomic mass is 9.94. The molecule has 1 atom stereocenters. The Bertz CT molecular complexity index is 1140. The highest BCUT2D eigenvalue weighted by molar-refractivity contribution is 7.99. The molecule has 4 rings (SSSR count). The fourth-order valence-electron chi connectivity index (χ4n) is 4.83. The third-order valence-electron chi connectivity index (χ3n) is 6.86. The van der Waals surface area contributed by atoms with Gasteiger partial charge in [-0.05, 0) is 35.6 Å². The van der Waals surface area contributed by atoms with Crippen molar-refractivity contribution < 1.29 is 14.0 Å². The van der Waals surface area contributed by atoms with Gasteiger partial charge in [-0.25, -0.2) is 4.39 Å². The molecular weight excluding hydrogens is 483 g/mol. The molecule has 0 unspecified atom stereocenters. The summed E-state index contributed by atoms with van der Waals surface area (Å²) >= 11 is 1.38. The van der Waals surface area contributed by atoms with Gasteiger partial charge in [-0.1, -0.05) is 98.1 Å². The molecule has 1 N–H and O–H groups in total. The van der Waals surface area contributed by atoms with E-state index in [4.69, 9.17) is 0 Å². The summed E-state index contributed by atoms with van der Waals surface area (Å²) in [6.07, 6.45) is 5.85. The molecule has 0 radical (unpaired) electrons. The van der Waals surface area contributed by atoms with E-state index in [1.807, 2.05) is 60.7 Å². The van der Waals surface area contributed by atoms with Gasteiger partial charge >= 0.3 is 0 Å². The van der Waals surface area contributed by atoms with Gasteiger partial charge in [0.25, 0.3) is 0 Å². The molecular formula is C31H35FN2O2S. The molecule has 1 fully saturated rings. The molecule has 6 heteroatoms. The zero-order valence-corrected chi connectivity index (χ0v) is 22.0. The van der Waals surface area contributed by atoms with Crippen LogP contribution in [0.25, 0.3) is 0 Å². The number of carbonyl (C=O) groups is 2. The number of hydrogen-bond donors (Lipinski definition) is 1. The highest BCUT2D eigenvalue weighted by atomic mass is 32.2. The Balaban J connectivity index is 1.55. The molecule has 1 aliphatic rings. The van der Waals surface area contributed by atoms with E-state index < -0.39 is 6.04 Å². The van der Waals surface area contributed by atoms with Crippen LogP contribution in [0.3, 0.4) is 0 Å². The van der Waals surface area contributed by atoms with Crippen molar-refractivity contribution >= 4 is 23.6 Å². The summed E-state index contributed by atoms with van der Waals surface area (Å²) in [4.78, 5) is 29.1. The third-order valence-corrected chi connectivity index (χ3v) is 7.83. The Hall–Kier alpha value is -3.12. The predicted octanol–water partition coefficient (Wildman–Crippen LogP) is 6.15. The number of halogens is 1. The van der Waals surface area contributed by atoms with E-state index in [0.29, 0.717) is 24.3 Å². The van der Waals surface area contributed by atoms with Gasteiger partial charge in [0.05, 0.1) is 5.75 Å². The summed E-state index contributed by atoms with van der Waals surface area (Å²) in [6.45, 7) is 0.343. The Kier molecular flexibility index (Phi) is 10.2. The van der Waals surface area contributed by atoms with Crippen LogP contribution in [0.2, 0.25) is 0 Å². The summed E-state index contributed by atoms with van der Waals surface area (Å²) in [5.41, 5.74) is 2.56. The number of thioether (sulfide) groups is 1. The summed E-state index contributed by atoms with van der Waals surface area (Å²) in [6, 6.07) is 25.8. The van der Waals surface area contributed by atoms with E-state index in [2.05, 4.69) is 5.32 Å². The van der Waals surface area contributed by atoms with Crippen molar-refractivity contribution in [2.24, 2.45) is 0 Å². The Morgan fingerprint density at radius 2 is 1.49 bits per heavy atom. The van der Waals surface area contributed by atoms with E-state index in [1.54, 1.807) is 23.1 Å². The standard InChI is InChI=1S/C31H35FN2O2S/c32-28-19-11-10-16-26(28)22-37-23-30(35)34(21-25-14-6-2-7-15-25)29(20-24-12-4-1-5-13-24)31(36)33-27-17-8-3-9-18-27/h1-2,4-7,10-16,19,27,29H,3,8-9,17-18,20-23H2,(H,33,36)/t29-/m0/s1. The quantitative estimate of drug-likeness (QED) is 0.331.